The quantitative estimate of drug-likeness (QED) is 0.445. The molecular weight excluding hydrogens is 469 g/mol. The number of benzene rings is 3. The van der Waals surface area contributed by atoms with Crippen LogP contribution < -0.4 is 10.2 Å². The molecule has 0 saturated carbocycles. The van der Waals surface area contributed by atoms with Crippen molar-refractivity contribution in [2.75, 3.05) is 11.4 Å². The van der Waals surface area contributed by atoms with Crippen LogP contribution in [0.15, 0.2) is 78.9 Å². The fourth-order valence-corrected chi connectivity index (χ4v) is 5.06. The molecule has 0 aromatic heterocycles. The number of anilines is 2. The van der Waals surface area contributed by atoms with Crippen LogP contribution in [0.2, 0.25) is 0 Å². The number of hydrogen-bond donors (Lipinski definition) is 2. The minimum absolute atomic E-state index is 0.0680. The van der Waals surface area contributed by atoms with Crippen molar-refractivity contribution in [3.63, 3.8) is 0 Å². The molecule has 5 nitrogen and oxygen atoms in total. The molecule has 0 spiro atoms. The number of nitrogens with zero attached hydrogens (tertiary/aromatic N) is 1. The second kappa shape index (κ2) is 11.0. The zero-order valence-corrected chi connectivity index (χ0v) is 19.5. The largest absolute Gasteiger partial charge is 0.490 e. The Hall–Kier alpha value is -3.65. The maximum Gasteiger partial charge on any atom is 0.490 e. The average molecular weight is 497 g/mol. The lowest BCUT2D eigenvalue weighted by Gasteiger charge is -2.24. The van der Waals surface area contributed by atoms with Crippen LogP contribution in [0, 0.1) is 0 Å². The summed E-state index contributed by atoms with van der Waals surface area (Å²) in [6.07, 6.45) is -0.226. The summed E-state index contributed by atoms with van der Waals surface area (Å²) in [7, 11) is 0. The fraction of sp³-hybridized carbons (Fsp3) is 0.286. The number of rotatable bonds is 5. The molecule has 0 aliphatic heterocycles. The van der Waals surface area contributed by atoms with Crippen molar-refractivity contribution in [3.05, 3.63) is 95.6 Å². The van der Waals surface area contributed by atoms with Crippen LogP contribution in [0.1, 0.15) is 47.9 Å². The summed E-state index contributed by atoms with van der Waals surface area (Å²) in [4.78, 5) is 24.0. The molecule has 1 amide bonds. The molecule has 0 heterocycles. The number of para-hydroxylation sites is 2. The molecular formula is C28H27F3N2O3. The Labute approximate surface area is 207 Å². The standard InChI is InChI=1S/C26H26N2O.C2HF3O2/c29-25(28(21-12-3-1-4-13-21)22-14-5-2-6-15-22)18-27-24-17-20-11-7-9-19-10-8-16-23(24)26(19)20;3-2(4,5)1(6)7/h1-6,8,10,12-16,20,24,27H,7,9,11,17-18H2;(H,6,7)/t20-,24+;/m0./s1. The van der Waals surface area contributed by atoms with Gasteiger partial charge >= 0.3 is 12.1 Å². The number of halogens is 3. The van der Waals surface area contributed by atoms with Crippen molar-refractivity contribution >= 4 is 23.3 Å². The van der Waals surface area contributed by atoms with Gasteiger partial charge in [0.2, 0.25) is 5.91 Å². The lowest BCUT2D eigenvalue weighted by atomic mass is 9.84. The van der Waals surface area contributed by atoms with Crippen LogP contribution in [0.3, 0.4) is 0 Å². The zero-order valence-electron chi connectivity index (χ0n) is 19.5. The van der Waals surface area contributed by atoms with Gasteiger partial charge in [0.15, 0.2) is 0 Å². The highest BCUT2D eigenvalue weighted by molar-refractivity contribution is 6.01. The van der Waals surface area contributed by atoms with Gasteiger partial charge in [-0.15, -0.1) is 0 Å². The number of hydrogen-bond acceptors (Lipinski definition) is 3. The number of nitrogens with one attached hydrogen (secondary N) is 1. The topological polar surface area (TPSA) is 69.6 Å². The Bertz CT molecular complexity index is 1160. The minimum atomic E-state index is -5.08. The van der Waals surface area contributed by atoms with Gasteiger partial charge in [0, 0.05) is 17.4 Å². The molecule has 8 heteroatoms. The van der Waals surface area contributed by atoms with Crippen molar-refractivity contribution in [3.8, 4) is 0 Å². The first-order chi connectivity index (χ1) is 17.3. The number of amides is 1. The number of carbonyl (C=O) groups excluding carboxylic acids is 1. The summed E-state index contributed by atoms with van der Waals surface area (Å²) in [5.74, 6) is -2.03. The fourth-order valence-electron chi connectivity index (χ4n) is 5.06. The molecule has 2 atom stereocenters. The van der Waals surface area contributed by atoms with E-state index in [0.717, 1.165) is 17.8 Å². The van der Waals surface area contributed by atoms with E-state index in [1.165, 1.54) is 30.4 Å². The number of alkyl halides is 3. The molecule has 36 heavy (non-hydrogen) atoms. The predicted octanol–water partition coefficient (Wildman–Crippen LogP) is 6.14. The van der Waals surface area contributed by atoms with Crippen LogP contribution in [0.5, 0.6) is 0 Å². The van der Waals surface area contributed by atoms with Crippen molar-refractivity contribution in [1.29, 1.82) is 0 Å². The number of carbonyl (C=O) groups is 2. The van der Waals surface area contributed by atoms with Gasteiger partial charge in [-0.3, -0.25) is 9.69 Å². The minimum Gasteiger partial charge on any atom is -0.475 e. The first-order valence-corrected chi connectivity index (χ1v) is 11.8. The molecule has 3 aromatic rings. The first-order valence-electron chi connectivity index (χ1n) is 11.8. The van der Waals surface area contributed by atoms with Crippen LogP contribution in [-0.4, -0.2) is 29.7 Å². The number of carboxylic acids is 1. The Morgan fingerprint density at radius 3 is 2.06 bits per heavy atom. The number of aliphatic carboxylic acids is 1. The smallest absolute Gasteiger partial charge is 0.475 e. The van der Waals surface area contributed by atoms with Gasteiger partial charge in [-0.2, -0.15) is 13.2 Å². The second-order valence-corrected chi connectivity index (χ2v) is 8.88. The molecule has 5 rings (SSSR count). The molecule has 2 aliphatic rings. The molecule has 0 bridgehead atoms. The third-order valence-electron chi connectivity index (χ3n) is 6.55. The monoisotopic (exact) mass is 496 g/mol. The molecule has 2 N–H and O–H groups in total. The normalized spacial score (nSPS) is 18.0. The molecule has 0 fully saturated rings. The van der Waals surface area contributed by atoms with Gasteiger partial charge in [0.25, 0.3) is 0 Å². The number of carboxylic acid groups (broad SMARTS) is 1. The highest BCUT2D eigenvalue weighted by Crippen LogP contribution is 2.47. The van der Waals surface area contributed by atoms with Gasteiger partial charge in [-0.05, 0) is 72.6 Å². The molecule has 3 aromatic carbocycles. The van der Waals surface area contributed by atoms with Crippen molar-refractivity contribution in [2.45, 2.75) is 43.8 Å². The summed E-state index contributed by atoms with van der Waals surface area (Å²) in [6, 6.07) is 26.8. The van der Waals surface area contributed by atoms with E-state index >= 15 is 0 Å². The van der Waals surface area contributed by atoms with Gasteiger partial charge in [-0.1, -0.05) is 54.6 Å². The van der Waals surface area contributed by atoms with Crippen LogP contribution in [0.4, 0.5) is 24.5 Å². The van der Waals surface area contributed by atoms with Gasteiger partial charge in [0.05, 0.1) is 6.54 Å². The third kappa shape index (κ3) is 5.76. The lowest BCUT2D eigenvalue weighted by molar-refractivity contribution is -0.192. The Morgan fingerprint density at radius 1 is 0.917 bits per heavy atom. The van der Waals surface area contributed by atoms with E-state index in [1.54, 1.807) is 5.56 Å². The third-order valence-corrected chi connectivity index (χ3v) is 6.55. The van der Waals surface area contributed by atoms with Crippen LogP contribution in [-0.2, 0) is 16.0 Å². The zero-order chi connectivity index (χ0) is 25.7. The van der Waals surface area contributed by atoms with Gasteiger partial charge in [-0.25, -0.2) is 4.79 Å². The first kappa shape index (κ1) is 25.4. The molecule has 0 saturated heterocycles. The summed E-state index contributed by atoms with van der Waals surface area (Å²) >= 11 is 0. The molecule has 2 aliphatic carbocycles. The highest BCUT2D eigenvalue weighted by atomic mass is 19.4. The highest BCUT2D eigenvalue weighted by Gasteiger charge is 2.38. The van der Waals surface area contributed by atoms with Crippen molar-refractivity contribution in [1.82, 2.24) is 5.32 Å². The van der Waals surface area contributed by atoms with E-state index < -0.39 is 12.1 Å². The summed E-state index contributed by atoms with van der Waals surface area (Å²) in [5.41, 5.74) is 6.29. The predicted molar refractivity (Wildman–Crippen MR) is 131 cm³/mol. The van der Waals surface area contributed by atoms with Crippen molar-refractivity contribution < 1.29 is 27.9 Å². The van der Waals surface area contributed by atoms with Crippen LogP contribution >= 0.6 is 0 Å². The Balaban J connectivity index is 0.000000384. The Kier molecular flexibility index (Phi) is 7.74. The Morgan fingerprint density at radius 2 is 1.50 bits per heavy atom. The molecule has 0 unspecified atom stereocenters. The van der Waals surface area contributed by atoms with E-state index in [2.05, 4.69) is 23.5 Å². The van der Waals surface area contributed by atoms with E-state index in [0.29, 0.717) is 12.5 Å². The summed E-state index contributed by atoms with van der Waals surface area (Å²) in [5, 5.41) is 10.7. The van der Waals surface area contributed by atoms with E-state index in [1.807, 2.05) is 65.6 Å². The average Bonchev–Trinajstić information content (AvgIpc) is 3.24. The van der Waals surface area contributed by atoms with Gasteiger partial charge < -0.3 is 10.4 Å². The van der Waals surface area contributed by atoms with E-state index in [4.69, 9.17) is 9.90 Å². The summed E-state index contributed by atoms with van der Waals surface area (Å²) < 4.78 is 31.7. The van der Waals surface area contributed by atoms with Crippen LogP contribution in [0.25, 0.3) is 0 Å². The maximum atomic E-state index is 13.3. The van der Waals surface area contributed by atoms with Gasteiger partial charge in [0.1, 0.15) is 0 Å². The maximum absolute atomic E-state index is 13.3. The van der Waals surface area contributed by atoms with Crippen molar-refractivity contribution in [2.24, 2.45) is 0 Å². The number of aryl methyl sites for hydroxylation is 1. The van der Waals surface area contributed by atoms with E-state index in [9.17, 15) is 18.0 Å². The summed E-state index contributed by atoms with van der Waals surface area (Å²) in [6.45, 7) is 0.324. The second-order valence-electron chi connectivity index (χ2n) is 8.88. The SMILES string of the molecule is O=C(CN[C@@H]1C[C@@H]2CCCc3cccc1c32)N(c1ccccc1)c1ccccc1.O=C(O)C(F)(F)F. The molecule has 188 valence electrons. The van der Waals surface area contributed by atoms with E-state index in [-0.39, 0.29) is 11.9 Å². The lowest BCUT2D eigenvalue weighted by Crippen LogP contribution is -2.36. The molecule has 0 radical (unpaired) electrons.